The van der Waals surface area contributed by atoms with Gasteiger partial charge in [0.2, 0.25) is 0 Å². The first-order chi connectivity index (χ1) is 6.74. The van der Waals surface area contributed by atoms with Crippen LogP contribution in [-0.4, -0.2) is 22.7 Å². The molecule has 1 aliphatic carbocycles. The minimum absolute atomic E-state index is 0.0957. The van der Waals surface area contributed by atoms with E-state index in [1.165, 1.54) is 11.3 Å². The first kappa shape index (κ1) is 10.2. The smallest absolute Gasteiger partial charge is 0.184 e. The van der Waals surface area contributed by atoms with Crippen molar-refractivity contribution in [1.29, 1.82) is 0 Å². The van der Waals surface area contributed by atoms with Crippen molar-refractivity contribution in [3.63, 3.8) is 0 Å². The predicted molar refractivity (Wildman–Crippen MR) is 59.0 cm³/mol. The first-order valence-corrected chi connectivity index (χ1v) is 6.03. The highest BCUT2D eigenvalue weighted by molar-refractivity contribution is 7.14. The van der Waals surface area contributed by atoms with Crippen molar-refractivity contribution >= 4 is 28.1 Å². The summed E-state index contributed by atoms with van der Waals surface area (Å²) in [5.74, 6) is 0.577. The van der Waals surface area contributed by atoms with Gasteiger partial charge in [0.1, 0.15) is 5.15 Å². The molecule has 3 nitrogen and oxygen atoms in total. The monoisotopic (exact) mass is 232 g/mol. The molecular weight excluding hydrogens is 220 g/mol. The maximum absolute atomic E-state index is 9.34. The van der Waals surface area contributed by atoms with Crippen molar-refractivity contribution in [3.8, 4) is 0 Å². The van der Waals surface area contributed by atoms with Crippen LogP contribution >= 0.6 is 22.9 Å². The molecule has 2 unspecified atom stereocenters. The van der Waals surface area contributed by atoms with Gasteiger partial charge in [0, 0.05) is 11.9 Å². The average molecular weight is 233 g/mol. The normalized spacial score (nSPS) is 26.7. The lowest BCUT2D eigenvalue weighted by Gasteiger charge is -2.09. The number of thiazole rings is 1. The molecule has 0 bridgehead atoms. The molecule has 2 rings (SSSR count). The molecule has 1 aromatic heterocycles. The van der Waals surface area contributed by atoms with E-state index in [1.54, 1.807) is 0 Å². The van der Waals surface area contributed by atoms with Crippen LogP contribution < -0.4 is 5.32 Å². The van der Waals surface area contributed by atoms with Crippen LogP contribution in [-0.2, 0) is 0 Å². The van der Waals surface area contributed by atoms with E-state index in [4.69, 9.17) is 11.6 Å². The molecule has 1 saturated carbocycles. The number of aromatic nitrogens is 1. The summed E-state index contributed by atoms with van der Waals surface area (Å²) in [6.45, 7) is 0.890. The average Bonchev–Trinajstić information content (AvgIpc) is 2.72. The second-order valence-electron chi connectivity index (χ2n) is 3.69. The minimum Gasteiger partial charge on any atom is -0.393 e. The van der Waals surface area contributed by atoms with E-state index in [9.17, 15) is 5.11 Å². The van der Waals surface area contributed by atoms with Gasteiger partial charge in [-0.25, -0.2) is 4.98 Å². The van der Waals surface area contributed by atoms with Gasteiger partial charge in [0.15, 0.2) is 5.13 Å². The maximum atomic E-state index is 9.34. The highest BCUT2D eigenvalue weighted by Gasteiger charge is 2.22. The fraction of sp³-hybridized carbons (Fsp3) is 0.667. The molecule has 0 amide bonds. The van der Waals surface area contributed by atoms with E-state index in [-0.39, 0.29) is 6.10 Å². The van der Waals surface area contributed by atoms with Crippen molar-refractivity contribution < 1.29 is 5.11 Å². The van der Waals surface area contributed by atoms with Crippen LogP contribution in [0, 0.1) is 5.92 Å². The zero-order chi connectivity index (χ0) is 9.97. The molecule has 2 N–H and O–H groups in total. The summed E-state index contributed by atoms with van der Waals surface area (Å²) in [6, 6.07) is 0. The standard InChI is InChI=1S/C9H13ClN2OS/c10-8-5-14-9(12-8)11-4-6-1-2-7(13)3-6/h5-7,13H,1-4H2,(H,11,12). The summed E-state index contributed by atoms with van der Waals surface area (Å²) >= 11 is 7.22. The minimum atomic E-state index is -0.0957. The molecule has 78 valence electrons. The summed E-state index contributed by atoms with van der Waals surface area (Å²) in [5.41, 5.74) is 0. The van der Waals surface area contributed by atoms with Crippen molar-refractivity contribution in [3.05, 3.63) is 10.5 Å². The Labute approximate surface area is 92.1 Å². The van der Waals surface area contributed by atoms with E-state index in [2.05, 4.69) is 10.3 Å². The van der Waals surface area contributed by atoms with Crippen LogP contribution in [0.3, 0.4) is 0 Å². The molecule has 0 aliphatic heterocycles. The molecule has 1 aliphatic rings. The van der Waals surface area contributed by atoms with Crippen LogP contribution in [0.5, 0.6) is 0 Å². The van der Waals surface area contributed by atoms with Gasteiger partial charge in [-0.2, -0.15) is 0 Å². The number of aliphatic hydroxyl groups is 1. The van der Waals surface area contributed by atoms with Crippen molar-refractivity contribution in [2.45, 2.75) is 25.4 Å². The molecule has 0 aromatic carbocycles. The number of nitrogens with one attached hydrogen (secondary N) is 1. The largest absolute Gasteiger partial charge is 0.393 e. The molecule has 2 atom stereocenters. The van der Waals surface area contributed by atoms with Gasteiger partial charge in [0.25, 0.3) is 0 Å². The fourth-order valence-corrected chi connectivity index (χ4v) is 2.65. The van der Waals surface area contributed by atoms with Gasteiger partial charge in [-0.05, 0) is 25.2 Å². The molecule has 1 fully saturated rings. The van der Waals surface area contributed by atoms with Crippen molar-refractivity contribution in [2.75, 3.05) is 11.9 Å². The third-order valence-electron chi connectivity index (χ3n) is 2.53. The Bertz CT molecular complexity index is 305. The quantitative estimate of drug-likeness (QED) is 0.841. The third kappa shape index (κ3) is 2.59. The van der Waals surface area contributed by atoms with Gasteiger partial charge < -0.3 is 10.4 Å². The van der Waals surface area contributed by atoms with Crippen molar-refractivity contribution in [1.82, 2.24) is 4.98 Å². The van der Waals surface area contributed by atoms with Crippen LogP contribution in [0.2, 0.25) is 5.15 Å². The summed E-state index contributed by atoms with van der Waals surface area (Å²) in [4.78, 5) is 4.10. The lowest BCUT2D eigenvalue weighted by Crippen LogP contribution is -2.12. The Morgan fingerprint density at radius 1 is 1.64 bits per heavy atom. The highest BCUT2D eigenvalue weighted by Crippen LogP contribution is 2.26. The number of anilines is 1. The van der Waals surface area contributed by atoms with E-state index >= 15 is 0 Å². The number of rotatable bonds is 3. The molecule has 5 heteroatoms. The van der Waals surface area contributed by atoms with Crippen LogP contribution in [0.1, 0.15) is 19.3 Å². The SMILES string of the molecule is OC1CCC(CNc2nc(Cl)cs2)C1. The number of aliphatic hydroxyl groups excluding tert-OH is 1. The summed E-state index contributed by atoms with van der Waals surface area (Å²) in [5, 5.41) is 15.8. The molecule has 1 aromatic rings. The van der Waals surface area contributed by atoms with E-state index < -0.39 is 0 Å². The topological polar surface area (TPSA) is 45.1 Å². The molecule has 0 saturated heterocycles. The second kappa shape index (κ2) is 4.47. The number of nitrogens with zero attached hydrogens (tertiary/aromatic N) is 1. The van der Waals surface area contributed by atoms with Crippen molar-refractivity contribution in [2.24, 2.45) is 5.92 Å². The number of halogens is 1. The number of hydrogen-bond donors (Lipinski definition) is 2. The van der Waals surface area contributed by atoms with E-state index in [0.29, 0.717) is 11.1 Å². The van der Waals surface area contributed by atoms with E-state index in [0.717, 1.165) is 30.9 Å². The van der Waals surface area contributed by atoms with Gasteiger partial charge >= 0.3 is 0 Å². The number of hydrogen-bond acceptors (Lipinski definition) is 4. The Morgan fingerprint density at radius 3 is 3.07 bits per heavy atom. The zero-order valence-corrected chi connectivity index (χ0v) is 9.31. The van der Waals surface area contributed by atoms with Gasteiger partial charge in [-0.3, -0.25) is 0 Å². The maximum Gasteiger partial charge on any atom is 0.184 e. The lowest BCUT2D eigenvalue weighted by atomic mass is 10.1. The van der Waals surface area contributed by atoms with Gasteiger partial charge in [0.05, 0.1) is 6.10 Å². The molecular formula is C9H13ClN2OS. The Morgan fingerprint density at radius 2 is 2.50 bits per heavy atom. The van der Waals surface area contributed by atoms with Crippen LogP contribution in [0.4, 0.5) is 5.13 Å². The molecule has 1 heterocycles. The fourth-order valence-electron chi connectivity index (χ4n) is 1.80. The second-order valence-corrected chi connectivity index (χ2v) is 4.93. The summed E-state index contributed by atoms with van der Waals surface area (Å²) < 4.78 is 0. The van der Waals surface area contributed by atoms with E-state index in [1.807, 2.05) is 5.38 Å². The molecule has 0 spiro atoms. The van der Waals surface area contributed by atoms with Gasteiger partial charge in [-0.15, -0.1) is 11.3 Å². The Kier molecular flexibility index (Phi) is 3.26. The van der Waals surface area contributed by atoms with Gasteiger partial charge in [-0.1, -0.05) is 11.6 Å². The predicted octanol–water partition coefficient (Wildman–Crippen LogP) is 2.37. The summed E-state index contributed by atoms with van der Waals surface area (Å²) in [7, 11) is 0. The Balaban J connectivity index is 1.77. The third-order valence-corrected chi connectivity index (χ3v) is 3.65. The zero-order valence-electron chi connectivity index (χ0n) is 7.74. The first-order valence-electron chi connectivity index (χ1n) is 4.77. The Hall–Kier alpha value is -0.320. The molecule has 0 radical (unpaired) electrons. The van der Waals surface area contributed by atoms with Crippen LogP contribution in [0.25, 0.3) is 0 Å². The summed E-state index contributed by atoms with van der Waals surface area (Å²) in [6.07, 6.45) is 2.85. The van der Waals surface area contributed by atoms with Crippen LogP contribution in [0.15, 0.2) is 5.38 Å². The molecule has 14 heavy (non-hydrogen) atoms. The lowest BCUT2D eigenvalue weighted by molar-refractivity contribution is 0.178. The highest BCUT2D eigenvalue weighted by atomic mass is 35.5.